The largest absolute Gasteiger partial charge is 0.387 e. The fraction of sp³-hybridized carbons (Fsp3) is 0.333. The highest BCUT2D eigenvalue weighted by Gasteiger charge is 2.17. The number of aliphatic hydroxyl groups excluding tert-OH is 1. The molecule has 0 bridgehead atoms. The molecule has 3 heteroatoms. The van der Waals surface area contributed by atoms with E-state index in [0.29, 0.717) is 6.42 Å². The summed E-state index contributed by atoms with van der Waals surface area (Å²) in [5.41, 5.74) is 0.912. The predicted molar refractivity (Wildman–Crippen MR) is 66.1 cm³/mol. The van der Waals surface area contributed by atoms with Gasteiger partial charge in [0.15, 0.2) is 0 Å². The van der Waals surface area contributed by atoms with Gasteiger partial charge in [-0.15, -0.1) is 12.3 Å². The lowest BCUT2D eigenvalue weighted by atomic mass is 9.99. The van der Waals surface area contributed by atoms with Gasteiger partial charge in [-0.1, -0.05) is 39.7 Å². The van der Waals surface area contributed by atoms with Gasteiger partial charge in [0.2, 0.25) is 0 Å². The van der Waals surface area contributed by atoms with Crippen molar-refractivity contribution in [3.8, 4) is 12.3 Å². The number of terminal acetylenes is 1. The van der Waals surface area contributed by atoms with Gasteiger partial charge in [0.05, 0.1) is 6.10 Å². The highest BCUT2D eigenvalue weighted by atomic mass is 31.0. The van der Waals surface area contributed by atoms with Crippen molar-refractivity contribution in [3.05, 3.63) is 35.9 Å². The maximum Gasteiger partial charge on any atom is 0.0945 e. The van der Waals surface area contributed by atoms with Crippen LogP contribution in [-0.4, -0.2) is 11.1 Å². The first-order chi connectivity index (χ1) is 7.29. The lowest BCUT2D eigenvalue weighted by Gasteiger charge is -2.21. The van der Waals surface area contributed by atoms with E-state index in [-0.39, 0.29) is 6.04 Å². The van der Waals surface area contributed by atoms with Crippen LogP contribution in [0.4, 0.5) is 0 Å². The van der Waals surface area contributed by atoms with Gasteiger partial charge in [0.25, 0.3) is 0 Å². The molecule has 1 aromatic carbocycles. The third kappa shape index (κ3) is 3.64. The molecule has 1 aromatic rings. The standard InChI is InChI=1S/C12H16NOP/c1-2-3-9-11(13-15)12(14)10-7-5-4-6-8-10/h1,4-8,11-14H,3,9,15H2/t11-,12-/m1/s1. The van der Waals surface area contributed by atoms with E-state index in [4.69, 9.17) is 6.42 Å². The van der Waals surface area contributed by atoms with E-state index in [0.717, 1.165) is 12.0 Å². The van der Waals surface area contributed by atoms with E-state index >= 15 is 0 Å². The van der Waals surface area contributed by atoms with E-state index in [1.807, 2.05) is 30.3 Å². The number of benzene rings is 1. The topological polar surface area (TPSA) is 32.3 Å². The summed E-state index contributed by atoms with van der Waals surface area (Å²) in [5.74, 6) is 2.58. The summed E-state index contributed by atoms with van der Waals surface area (Å²) in [4.78, 5) is 0. The second kappa shape index (κ2) is 6.58. The number of aliphatic hydroxyl groups is 1. The van der Waals surface area contributed by atoms with Crippen LogP contribution >= 0.6 is 9.39 Å². The zero-order chi connectivity index (χ0) is 11.1. The third-order valence-electron chi connectivity index (χ3n) is 2.34. The number of nitrogens with one attached hydrogen (secondary N) is 1. The second-order valence-electron chi connectivity index (χ2n) is 3.37. The summed E-state index contributed by atoms with van der Waals surface area (Å²) in [7, 11) is 2.43. The molecule has 0 aromatic heterocycles. The minimum absolute atomic E-state index is 0.0200. The van der Waals surface area contributed by atoms with Gasteiger partial charge in [-0.25, -0.2) is 0 Å². The molecular weight excluding hydrogens is 205 g/mol. The average Bonchev–Trinajstić information content (AvgIpc) is 2.31. The molecule has 15 heavy (non-hydrogen) atoms. The number of rotatable bonds is 5. The SMILES string of the molecule is C#CCC[C@@H](NP)[C@H](O)c1ccccc1. The van der Waals surface area contributed by atoms with Crippen molar-refractivity contribution >= 4 is 9.39 Å². The molecule has 2 nitrogen and oxygen atoms in total. The Balaban J connectivity index is 2.65. The van der Waals surface area contributed by atoms with Crippen LogP contribution in [0.3, 0.4) is 0 Å². The summed E-state index contributed by atoms with van der Waals surface area (Å²) < 4.78 is 0. The van der Waals surface area contributed by atoms with Crippen molar-refractivity contribution in [2.24, 2.45) is 0 Å². The van der Waals surface area contributed by atoms with Crippen LogP contribution in [0.1, 0.15) is 24.5 Å². The summed E-state index contributed by atoms with van der Waals surface area (Å²) >= 11 is 0. The van der Waals surface area contributed by atoms with Crippen molar-refractivity contribution in [2.75, 3.05) is 0 Å². The lowest BCUT2D eigenvalue weighted by molar-refractivity contribution is 0.137. The monoisotopic (exact) mass is 221 g/mol. The van der Waals surface area contributed by atoms with Crippen LogP contribution in [0.15, 0.2) is 30.3 Å². The minimum Gasteiger partial charge on any atom is -0.387 e. The molecule has 0 amide bonds. The Morgan fingerprint density at radius 1 is 1.40 bits per heavy atom. The van der Waals surface area contributed by atoms with Crippen LogP contribution in [0.5, 0.6) is 0 Å². The van der Waals surface area contributed by atoms with Crippen molar-refractivity contribution in [1.82, 2.24) is 5.09 Å². The Morgan fingerprint density at radius 3 is 2.60 bits per heavy atom. The predicted octanol–water partition coefficient (Wildman–Crippen LogP) is 1.88. The van der Waals surface area contributed by atoms with Crippen molar-refractivity contribution in [2.45, 2.75) is 25.0 Å². The highest BCUT2D eigenvalue weighted by molar-refractivity contribution is 7.13. The fourth-order valence-electron chi connectivity index (χ4n) is 1.45. The van der Waals surface area contributed by atoms with Gasteiger partial charge < -0.3 is 5.11 Å². The first-order valence-electron chi connectivity index (χ1n) is 4.92. The molecule has 0 fully saturated rings. The first kappa shape index (κ1) is 12.2. The molecule has 0 radical (unpaired) electrons. The van der Waals surface area contributed by atoms with Crippen LogP contribution in [0.25, 0.3) is 0 Å². The van der Waals surface area contributed by atoms with Gasteiger partial charge in [-0.2, -0.15) is 0 Å². The van der Waals surface area contributed by atoms with Crippen molar-refractivity contribution in [3.63, 3.8) is 0 Å². The highest BCUT2D eigenvalue weighted by Crippen LogP contribution is 2.20. The summed E-state index contributed by atoms with van der Waals surface area (Å²) in [5, 5.41) is 13.1. The molecule has 1 rings (SSSR count). The Morgan fingerprint density at radius 2 is 2.07 bits per heavy atom. The molecule has 0 spiro atoms. The maximum atomic E-state index is 10.1. The molecule has 2 N–H and O–H groups in total. The molecule has 1 unspecified atom stereocenters. The molecule has 0 aliphatic carbocycles. The van der Waals surface area contributed by atoms with Gasteiger partial charge in [-0.3, -0.25) is 5.09 Å². The first-order valence-corrected chi connectivity index (χ1v) is 5.50. The zero-order valence-corrected chi connectivity index (χ0v) is 9.71. The van der Waals surface area contributed by atoms with Crippen molar-refractivity contribution < 1.29 is 5.11 Å². The van der Waals surface area contributed by atoms with E-state index in [1.54, 1.807) is 0 Å². The smallest absolute Gasteiger partial charge is 0.0945 e. The Hall–Kier alpha value is -0.870. The molecule has 80 valence electrons. The second-order valence-corrected chi connectivity index (χ2v) is 3.70. The molecule has 0 saturated carbocycles. The normalized spacial score (nSPS) is 14.2. The molecule has 0 aliphatic rings. The van der Waals surface area contributed by atoms with Crippen LogP contribution < -0.4 is 5.09 Å². The molecule has 0 saturated heterocycles. The zero-order valence-electron chi connectivity index (χ0n) is 8.56. The Bertz CT molecular complexity index is 320. The van der Waals surface area contributed by atoms with Crippen LogP contribution in [-0.2, 0) is 0 Å². The third-order valence-corrected chi connectivity index (χ3v) is 2.76. The van der Waals surface area contributed by atoms with Gasteiger partial charge in [0.1, 0.15) is 0 Å². The summed E-state index contributed by atoms with van der Waals surface area (Å²) in [6, 6.07) is 9.57. The lowest BCUT2D eigenvalue weighted by Crippen LogP contribution is -2.28. The van der Waals surface area contributed by atoms with Gasteiger partial charge in [-0.05, 0) is 12.0 Å². The van der Waals surface area contributed by atoms with Gasteiger partial charge >= 0.3 is 0 Å². The fourth-order valence-corrected chi connectivity index (χ4v) is 1.80. The molecular formula is C12H16NOP. The van der Waals surface area contributed by atoms with Gasteiger partial charge in [0, 0.05) is 12.5 Å². The summed E-state index contributed by atoms with van der Waals surface area (Å²) in [6.07, 6.45) is 6.11. The number of hydrogen-bond acceptors (Lipinski definition) is 2. The average molecular weight is 221 g/mol. The van der Waals surface area contributed by atoms with Crippen LogP contribution in [0, 0.1) is 12.3 Å². The quantitative estimate of drug-likeness (QED) is 0.587. The molecule has 3 atom stereocenters. The van der Waals surface area contributed by atoms with E-state index in [1.165, 1.54) is 0 Å². The minimum atomic E-state index is -0.517. The van der Waals surface area contributed by atoms with E-state index in [2.05, 4.69) is 20.4 Å². The molecule has 0 aliphatic heterocycles. The maximum absolute atomic E-state index is 10.1. The Kier molecular flexibility index (Phi) is 5.36. The van der Waals surface area contributed by atoms with E-state index < -0.39 is 6.10 Å². The van der Waals surface area contributed by atoms with E-state index in [9.17, 15) is 5.11 Å². The van der Waals surface area contributed by atoms with Crippen molar-refractivity contribution in [1.29, 1.82) is 0 Å². The van der Waals surface area contributed by atoms with Crippen LogP contribution in [0.2, 0.25) is 0 Å². The Labute approximate surface area is 93.4 Å². The summed E-state index contributed by atoms with van der Waals surface area (Å²) in [6.45, 7) is 0. The molecule has 0 heterocycles. The number of hydrogen-bond donors (Lipinski definition) is 2.